The highest BCUT2D eigenvalue weighted by Gasteiger charge is 2.19. The van der Waals surface area contributed by atoms with E-state index in [9.17, 15) is 14.0 Å². The van der Waals surface area contributed by atoms with Crippen LogP contribution >= 0.6 is 0 Å². The van der Waals surface area contributed by atoms with Gasteiger partial charge in [0.05, 0.1) is 0 Å². The van der Waals surface area contributed by atoms with E-state index in [4.69, 9.17) is 4.74 Å². The van der Waals surface area contributed by atoms with E-state index in [1.807, 2.05) is 0 Å². The summed E-state index contributed by atoms with van der Waals surface area (Å²) in [4.78, 5) is 23.0. The standard InChI is InChI=1S/C13H15FO3/c1-13(2,3)17-12(16)8-11(15)9-4-6-10(14)7-5-9/h4-7H,8H2,1-3H3. The van der Waals surface area contributed by atoms with E-state index >= 15 is 0 Å². The van der Waals surface area contributed by atoms with Gasteiger partial charge < -0.3 is 4.74 Å². The zero-order valence-electron chi connectivity index (χ0n) is 10.1. The van der Waals surface area contributed by atoms with Gasteiger partial charge in [0.15, 0.2) is 5.78 Å². The smallest absolute Gasteiger partial charge is 0.314 e. The van der Waals surface area contributed by atoms with E-state index in [1.165, 1.54) is 24.3 Å². The molecule has 0 saturated heterocycles. The first kappa shape index (κ1) is 13.4. The zero-order valence-corrected chi connectivity index (χ0v) is 10.1. The van der Waals surface area contributed by atoms with Gasteiger partial charge in [0.1, 0.15) is 17.8 Å². The number of ether oxygens (including phenoxy) is 1. The Balaban J connectivity index is 2.61. The molecule has 0 aliphatic rings. The van der Waals surface area contributed by atoms with E-state index in [-0.39, 0.29) is 12.2 Å². The fraction of sp³-hybridized carbons (Fsp3) is 0.385. The number of carbonyl (C=O) groups excluding carboxylic acids is 2. The Hall–Kier alpha value is -1.71. The molecule has 0 spiro atoms. The number of Topliss-reactive ketones (excluding diaryl/α,β-unsaturated/α-hetero) is 1. The number of carbonyl (C=O) groups is 2. The molecule has 0 saturated carbocycles. The van der Waals surface area contributed by atoms with Crippen molar-refractivity contribution in [1.82, 2.24) is 0 Å². The molecule has 0 aliphatic carbocycles. The second kappa shape index (κ2) is 5.08. The lowest BCUT2D eigenvalue weighted by molar-refractivity contribution is -0.153. The van der Waals surface area contributed by atoms with E-state index in [1.54, 1.807) is 20.8 Å². The van der Waals surface area contributed by atoms with Gasteiger partial charge in [0.25, 0.3) is 0 Å². The molecule has 0 radical (unpaired) electrons. The fourth-order valence-electron chi connectivity index (χ4n) is 1.25. The van der Waals surface area contributed by atoms with Crippen LogP contribution in [-0.2, 0) is 9.53 Å². The Morgan fingerprint density at radius 1 is 1.18 bits per heavy atom. The number of halogens is 1. The van der Waals surface area contributed by atoms with Crippen LogP contribution in [-0.4, -0.2) is 17.4 Å². The van der Waals surface area contributed by atoms with Gasteiger partial charge in [-0.3, -0.25) is 9.59 Å². The quantitative estimate of drug-likeness (QED) is 0.462. The van der Waals surface area contributed by atoms with Crippen molar-refractivity contribution in [2.75, 3.05) is 0 Å². The average Bonchev–Trinajstić information content (AvgIpc) is 2.15. The summed E-state index contributed by atoms with van der Waals surface area (Å²) in [6, 6.07) is 5.06. The van der Waals surface area contributed by atoms with Crippen LogP contribution in [0.25, 0.3) is 0 Å². The molecule has 17 heavy (non-hydrogen) atoms. The van der Waals surface area contributed by atoms with Gasteiger partial charge in [-0.15, -0.1) is 0 Å². The number of esters is 1. The molecule has 0 bridgehead atoms. The first-order chi connectivity index (χ1) is 7.78. The molecule has 0 fully saturated rings. The highest BCUT2D eigenvalue weighted by molar-refractivity contribution is 6.05. The topological polar surface area (TPSA) is 43.4 Å². The molecule has 0 N–H and O–H groups in total. The van der Waals surface area contributed by atoms with Gasteiger partial charge in [-0.25, -0.2) is 4.39 Å². The summed E-state index contributed by atoms with van der Waals surface area (Å²) in [6.45, 7) is 5.19. The van der Waals surface area contributed by atoms with Crippen LogP contribution in [0.5, 0.6) is 0 Å². The van der Waals surface area contributed by atoms with E-state index in [0.717, 1.165) is 0 Å². The first-order valence-corrected chi connectivity index (χ1v) is 5.28. The van der Waals surface area contributed by atoms with Crippen molar-refractivity contribution in [3.63, 3.8) is 0 Å². The van der Waals surface area contributed by atoms with Gasteiger partial charge in [-0.05, 0) is 45.0 Å². The van der Waals surface area contributed by atoms with Gasteiger partial charge in [-0.2, -0.15) is 0 Å². The molecule has 3 nitrogen and oxygen atoms in total. The molecule has 0 heterocycles. The molecule has 0 aliphatic heterocycles. The van der Waals surface area contributed by atoms with Gasteiger partial charge in [0.2, 0.25) is 0 Å². The lowest BCUT2D eigenvalue weighted by Crippen LogP contribution is -2.25. The lowest BCUT2D eigenvalue weighted by atomic mass is 10.1. The summed E-state index contributed by atoms with van der Waals surface area (Å²) in [5.74, 6) is -1.37. The minimum absolute atomic E-state index is 0.303. The molecule has 0 aromatic heterocycles. The van der Waals surface area contributed by atoms with Crippen molar-refractivity contribution in [2.45, 2.75) is 32.8 Å². The monoisotopic (exact) mass is 238 g/mol. The van der Waals surface area contributed by atoms with Crippen LogP contribution in [0.3, 0.4) is 0 Å². The van der Waals surface area contributed by atoms with Crippen LogP contribution in [0.4, 0.5) is 4.39 Å². The zero-order chi connectivity index (χ0) is 13.1. The third kappa shape index (κ3) is 4.76. The minimum Gasteiger partial charge on any atom is -0.460 e. The first-order valence-electron chi connectivity index (χ1n) is 5.28. The Labute approximate surface area is 99.6 Å². The highest BCUT2D eigenvalue weighted by Crippen LogP contribution is 2.11. The number of rotatable bonds is 3. The van der Waals surface area contributed by atoms with E-state index in [0.29, 0.717) is 5.56 Å². The summed E-state index contributed by atoms with van der Waals surface area (Å²) >= 11 is 0. The molecule has 92 valence electrons. The predicted molar refractivity (Wildman–Crippen MR) is 61.2 cm³/mol. The Morgan fingerprint density at radius 2 is 1.71 bits per heavy atom. The van der Waals surface area contributed by atoms with Crippen molar-refractivity contribution < 1.29 is 18.7 Å². The van der Waals surface area contributed by atoms with Crippen molar-refractivity contribution in [2.24, 2.45) is 0 Å². The number of benzene rings is 1. The van der Waals surface area contributed by atoms with Crippen molar-refractivity contribution in [1.29, 1.82) is 0 Å². The largest absolute Gasteiger partial charge is 0.460 e. The number of hydrogen-bond acceptors (Lipinski definition) is 3. The van der Waals surface area contributed by atoms with Crippen molar-refractivity contribution >= 4 is 11.8 Å². The molecule has 0 amide bonds. The SMILES string of the molecule is CC(C)(C)OC(=O)CC(=O)c1ccc(F)cc1. The highest BCUT2D eigenvalue weighted by atomic mass is 19.1. The molecular weight excluding hydrogens is 223 g/mol. The second-order valence-electron chi connectivity index (χ2n) is 4.69. The predicted octanol–water partition coefficient (Wildman–Crippen LogP) is 2.74. The van der Waals surface area contributed by atoms with Gasteiger partial charge in [-0.1, -0.05) is 0 Å². The normalized spacial score (nSPS) is 11.1. The lowest BCUT2D eigenvalue weighted by Gasteiger charge is -2.19. The summed E-state index contributed by atoms with van der Waals surface area (Å²) in [5, 5.41) is 0. The number of ketones is 1. The molecule has 0 unspecified atom stereocenters. The van der Waals surface area contributed by atoms with Crippen LogP contribution in [0.15, 0.2) is 24.3 Å². The van der Waals surface area contributed by atoms with E-state index < -0.39 is 17.4 Å². The summed E-state index contributed by atoms with van der Waals surface area (Å²) in [6.07, 6.45) is -0.330. The third-order valence-electron chi connectivity index (χ3n) is 1.89. The Kier molecular flexibility index (Phi) is 3.99. The van der Waals surface area contributed by atoms with Gasteiger partial charge >= 0.3 is 5.97 Å². The number of hydrogen-bond donors (Lipinski definition) is 0. The molecule has 1 aromatic carbocycles. The van der Waals surface area contributed by atoms with Crippen LogP contribution in [0.2, 0.25) is 0 Å². The van der Waals surface area contributed by atoms with Crippen molar-refractivity contribution in [3.8, 4) is 0 Å². The van der Waals surface area contributed by atoms with E-state index in [2.05, 4.69) is 0 Å². The minimum atomic E-state index is -0.611. The molecule has 0 atom stereocenters. The maximum atomic E-state index is 12.6. The maximum Gasteiger partial charge on any atom is 0.314 e. The molecule has 4 heteroatoms. The maximum absolute atomic E-state index is 12.6. The fourth-order valence-corrected chi connectivity index (χ4v) is 1.25. The Morgan fingerprint density at radius 3 is 2.18 bits per heavy atom. The molecule has 1 aromatic rings. The summed E-state index contributed by atoms with van der Waals surface area (Å²) < 4.78 is 17.7. The second-order valence-corrected chi connectivity index (χ2v) is 4.69. The summed E-state index contributed by atoms with van der Waals surface area (Å²) in [7, 11) is 0. The summed E-state index contributed by atoms with van der Waals surface area (Å²) in [5.41, 5.74) is -0.308. The van der Waals surface area contributed by atoms with Gasteiger partial charge in [0, 0.05) is 5.56 Å². The molecular formula is C13H15FO3. The third-order valence-corrected chi connectivity index (χ3v) is 1.89. The van der Waals surface area contributed by atoms with Crippen molar-refractivity contribution in [3.05, 3.63) is 35.6 Å². The van der Waals surface area contributed by atoms with Crippen LogP contribution in [0.1, 0.15) is 37.6 Å². The van der Waals surface area contributed by atoms with Crippen LogP contribution in [0, 0.1) is 5.82 Å². The average molecular weight is 238 g/mol. The molecule has 1 rings (SSSR count). The Bertz CT molecular complexity index is 415. The van der Waals surface area contributed by atoms with Crippen LogP contribution < -0.4 is 0 Å².